The molecule has 1 fully saturated rings. The Morgan fingerprint density at radius 3 is 2.48 bits per heavy atom. The first-order valence-corrected chi connectivity index (χ1v) is 10.2. The molecule has 0 aliphatic carbocycles. The normalized spacial score (nSPS) is 16.6. The molecule has 1 aliphatic heterocycles. The minimum Gasteiger partial charge on any atom is -0.466 e. The lowest BCUT2D eigenvalue weighted by molar-refractivity contribution is -0.149. The summed E-state index contributed by atoms with van der Waals surface area (Å²) in [5, 5.41) is 0.944. The van der Waals surface area contributed by atoms with Crippen LogP contribution in [-0.4, -0.2) is 41.3 Å². The Bertz CT molecular complexity index is 988. The molecule has 5 heteroatoms. The molecule has 0 amide bonds. The number of rotatable bonds is 6. The van der Waals surface area contributed by atoms with Gasteiger partial charge in [-0.05, 0) is 31.4 Å². The van der Waals surface area contributed by atoms with Gasteiger partial charge in [-0.2, -0.15) is 0 Å². The van der Waals surface area contributed by atoms with Crippen LogP contribution in [0.3, 0.4) is 0 Å². The van der Waals surface area contributed by atoms with Crippen LogP contribution in [0.2, 0.25) is 0 Å². The average molecular weight is 390 g/mol. The van der Waals surface area contributed by atoms with Crippen LogP contribution in [-0.2, 0) is 9.53 Å². The third-order valence-corrected chi connectivity index (χ3v) is 5.73. The van der Waals surface area contributed by atoms with E-state index in [1.807, 2.05) is 67.7 Å². The molecule has 5 nitrogen and oxygen atoms in total. The van der Waals surface area contributed by atoms with Crippen molar-refractivity contribution >= 4 is 22.7 Å². The summed E-state index contributed by atoms with van der Waals surface area (Å²) in [4.78, 5) is 31.2. The van der Waals surface area contributed by atoms with Crippen molar-refractivity contribution in [1.29, 1.82) is 0 Å². The summed E-state index contributed by atoms with van der Waals surface area (Å²) in [5.74, 6) is -0.111. The molecule has 1 aromatic heterocycles. The Morgan fingerprint density at radius 1 is 1.07 bits per heavy atom. The van der Waals surface area contributed by atoms with Gasteiger partial charge < -0.3 is 9.72 Å². The maximum Gasteiger partial charge on any atom is 0.309 e. The van der Waals surface area contributed by atoms with Gasteiger partial charge in [0.15, 0.2) is 5.78 Å². The second-order valence-corrected chi connectivity index (χ2v) is 7.49. The zero-order valence-corrected chi connectivity index (χ0v) is 16.6. The summed E-state index contributed by atoms with van der Waals surface area (Å²) in [6.45, 7) is 3.62. The Morgan fingerprint density at radius 2 is 1.76 bits per heavy atom. The molecule has 3 aromatic rings. The van der Waals surface area contributed by atoms with Crippen LogP contribution >= 0.6 is 0 Å². The minimum absolute atomic E-state index is 0.0779. The van der Waals surface area contributed by atoms with Crippen molar-refractivity contribution < 1.29 is 14.3 Å². The molecule has 29 heavy (non-hydrogen) atoms. The number of Topliss-reactive ketones (excluding diaryl/α,β-unsaturated/α-hetero) is 1. The second kappa shape index (κ2) is 8.62. The highest BCUT2D eigenvalue weighted by Crippen LogP contribution is 2.32. The highest BCUT2D eigenvalue weighted by Gasteiger charge is 2.34. The van der Waals surface area contributed by atoms with E-state index >= 15 is 0 Å². The van der Waals surface area contributed by atoms with Gasteiger partial charge >= 0.3 is 5.97 Å². The number of hydrogen-bond donors (Lipinski definition) is 1. The summed E-state index contributed by atoms with van der Waals surface area (Å²) in [6, 6.07) is 17.4. The van der Waals surface area contributed by atoms with Gasteiger partial charge in [0.05, 0.1) is 18.6 Å². The highest BCUT2D eigenvalue weighted by molar-refractivity contribution is 6.10. The quantitative estimate of drug-likeness (QED) is 0.502. The molecule has 4 rings (SSSR count). The fourth-order valence-electron chi connectivity index (χ4n) is 4.24. The van der Waals surface area contributed by atoms with Crippen LogP contribution in [0.4, 0.5) is 0 Å². The number of aromatic nitrogens is 1. The maximum absolute atomic E-state index is 13.7. The van der Waals surface area contributed by atoms with Crippen molar-refractivity contribution in [3.8, 4) is 0 Å². The zero-order chi connectivity index (χ0) is 20.2. The van der Waals surface area contributed by atoms with Gasteiger partial charge in [-0.15, -0.1) is 0 Å². The number of para-hydroxylation sites is 1. The topological polar surface area (TPSA) is 62.4 Å². The number of nitrogens with zero attached hydrogens (tertiary/aromatic N) is 1. The summed E-state index contributed by atoms with van der Waals surface area (Å²) in [7, 11) is 0. The second-order valence-electron chi connectivity index (χ2n) is 7.49. The molecule has 1 atom stereocenters. The van der Waals surface area contributed by atoms with Crippen molar-refractivity contribution in [3.05, 3.63) is 71.9 Å². The number of aromatic amines is 1. The summed E-state index contributed by atoms with van der Waals surface area (Å²) in [5.41, 5.74) is 2.66. The molecule has 2 aromatic carbocycles. The SMILES string of the molecule is CCOC(=O)C1CCN([C@@H](C(=O)c2c[nH]c3ccccc23)c2ccccc2)CC1. The first kappa shape index (κ1) is 19.4. The summed E-state index contributed by atoms with van der Waals surface area (Å²) < 4.78 is 5.19. The van der Waals surface area contributed by atoms with Crippen LogP contribution in [0.15, 0.2) is 60.8 Å². The van der Waals surface area contributed by atoms with Crippen molar-refractivity contribution in [1.82, 2.24) is 9.88 Å². The Hall–Kier alpha value is -2.92. The number of benzene rings is 2. The molecule has 2 heterocycles. The van der Waals surface area contributed by atoms with E-state index in [9.17, 15) is 9.59 Å². The lowest BCUT2D eigenvalue weighted by Crippen LogP contribution is -2.42. The number of ketones is 1. The van der Waals surface area contributed by atoms with Gasteiger partial charge in [0.25, 0.3) is 0 Å². The number of H-pyrrole nitrogens is 1. The van der Waals surface area contributed by atoms with E-state index in [0.717, 1.165) is 16.5 Å². The molecular formula is C24H26N2O3. The molecule has 1 saturated heterocycles. The van der Waals surface area contributed by atoms with Crippen molar-refractivity contribution in [2.24, 2.45) is 5.92 Å². The van der Waals surface area contributed by atoms with Gasteiger partial charge in [0.1, 0.15) is 0 Å². The number of carbonyl (C=O) groups excluding carboxylic acids is 2. The highest BCUT2D eigenvalue weighted by atomic mass is 16.5. The molecule has 0 unspecified atom stereocenters. The van der Waals surface area contributed by atoms with E-state index in [2.05, 4.69) is 9.88 Å². The number of ether oxygens (including phenoxy) is 1. The first-order chi connectivity index (χ1) is 14.2. The first-order valence-electron chi connectivity index (χ1n) is 10.2. The number of likely N-dealkylation sites (tertiary alicyclic amines) is 1. The fourth-order valence-corrected chi connectivity index (χ4v) is 4.24. The van der Waals surface area contributed by atoms with Gasteiger partial charge in [-0.25, -0.2) is 0 Å². The molecule has 0 spiro atoms. The molecule has 0 bridgehead atoms. The largest absolute Gasteiger partial charge is 0.466 e. The molecular weight excluding hydrogens is 364 g/mol. The van der Waals surface area contributed by atoms with Gasteiger partial charge in [-0.3, -0.25) is 14.5 Å². The monoisotopic (exact) mass is 390 g/mol. The van der Waals surface area contributed by atoms with Crippen molar-refractivity contribution in [2.45, 2.75) is 25.8 Å². The predicted molar refractivity (Wildman–Crippen MR) is 113 cm³/mol. The standard InChI is InChI=1S/C24H26N2O3/c1-2-29-24(28)18-12-14-26(15-13-18)22(17-8-4-3-5-9-17)23(27)20-16-25-21-11-7-6-10-19(20)21/h3-11,16,18,22,25H,2,12-15H2,1H3/t22-/m1/s1. The lowest BCUT2D eigenvalue weighted by atomic mass is 9.91. The maximum atomic E-state index is 13.7. The molecule has 1 N–H and O–H groups in total. The molecule has 0 saturated carbocycles. The third-order valence-electron chi connectivity index (χ3n) is 5.73. The van der Waals surface area contributed by atoms with Gasteiger partial charge in [0, 0.05) is 35.8 Å². The number of nitrogens with one attached hydrogen (secondary N) is 1. The van der Waals surface area contributed by atoms with Crippen LogP contribution in [0.5, 0.6) is 0 Å². The summed E-state index contributed by atoms with van der Waals surface area (Å²) >= 11 is 0. The van der Waals surface area contributed by atoms with Crippen molar-refractivity contribution in [3.63, 3.8) is 0 Å². The van der Waals surface area contributed by atoms with Crippen molar-refractivity contribution in [2.75, 3.05) is 19.7 Å². The van der Waals surface area contributed by atoms with E-state index in [4.69, 9.17) is 4.74 Å². The Balaban J connectivity index is 1.62. The summed E-state index contributed by atoms with van der Waals surface area (Å²) in [6.07, 6.45) is 3.24. The zero-order valence-electron chi connectivity index (χ0n) is 16.6. The molecule has 1 aliphatic rings. The smallest absolute Gasteiger partial charge is 0.309 e. The Labute approximate surface area is 170 Å². The lowest BCUT2D eigenvalue weighted by Gasteiger charge is -2.36. The number of hydrogen-bond acceptors (Lipinski definition) is 4. The van der Waals surface area contributed by atoms with Crippen LogP contribution in [0.1, 0.15) is 41.7 Å². The predicted octanol–water partition coefficient (Wildman–Crippen LogP) is 4.37. The minimum atomic E-state index is -0.362. The number of carbonyl (C=O) groups is 2. The Kier molecular flexibility index (Phi) is 5.76. The van der Waals surface area contributed by atoms with Gasteiger partial charge in [-0.1, -0.05) is 48.5 Å². The van der Waals surface area contributed by atoms with E-state index in [0.29, 0.717) is 38.1 Å². The fraction of sp³-hybridized carbons (Fsp3) is 0.333. The number of fused-ring (bicyclic) bond motifs is 1. The van der Waals surface area contributed by atoms with Crippen LogP contribution in [0.25, 0.3) is 10.9 Å². The van der Waals surface area contributed by atoms with Crippen LogP contribution in [0, 0.1) is 5.92 Å². The van der Waals surface area contributed by atoms with Gasteiger partial charge in [0.2, 0.25) is 0 Å². The number of piperidine rings is 1. The molecule has 150 valence electrons. The molecule has 0 radical (unpaired) electrons. The van der Waals surface area contributed by atoms with E-state index in [1.165, 1.54) is 0 Å². The number of esters is 1. The van der Waals surface area contributed by atoms with Crippen LogP contribution < -0.4 is 0 Å². The third kappa shape index (κ3) is 3.96. The van der Waals surface area contributed by atoms with E-state index in [-0.39, 0.29) is 23.7 Å². The van der Waals surface area contributed by atoms with E-state index < -0.39 is 0 Å². The van der Waals surface area contributed by atoms with E-state index in [1.54, 1.807) is 0 Å². The average Bonchev–Trinajstić information content (AvgIpc) is 3.19.